The summed E-state index contributed by atoms with van der Waals surface area (Å²) in [5.41, 5.74) is 3.00. The van der Waals surface area contributed by atoms with E-state index >= 15 is 0 Å². The number of para-hydroxylation sites is 2. The second-order valence-electron chi connectivity index (χ2n) is 11.4. The second kappa shape index (κ2) is 13.4. The lowest BCUT2D eigenvalue weighted by Gasteiger charge is -2.34. The van der Waals surface area contributed by atoms with Crippen molar-refractivity contribution < 1.29 is 29.3 Å². The summed E-state index contributed by atoms with van der Waals surface area (Å²) in [6, 6.07) is 14.7. The number of phenolic OH excluding ortho intramolecular Hbond substituents is 2. The third kappa shape index (κ3) is 8.02. The number of nitrogens with one attached hydrogen (secondary N) is 2. The molecule has 0 spiro atoms. The largest absolute Gasteiger partial charge is 0.508 e. The topological polar surface area (TPSA) is 128 Å². The van der Waals surface area contributed by atoms with Crippen LogP contribution in [0.25, 0.3) is 0 Å². The summed E-state index contributed by atoms with van der Waals surface area (Å²) in [7, 11) is 0. The Morgan fingerprint density at radius 1 is 0.881 bits per heavy atom. The molecule has 4 N–H and O–H groups in total. The minimum Gasteiger partial charge on any atom is -0.508 e. The van der Waals surface area contributed by atoms with Crippen LogP contribution in [0.5, 0.6) is 11.5 Å². The number of ether oxygens (including phenoxy) is 1. The lowest BCUT2D eigenvalue weighted by Crippen LogP contribution is -2.53. The first-order valence-electron chi connectivity index (χ1n) is 13.9. The molecule has 0 saturated heterocycles. The van der Waals surface area contributed by atoms with Gasteiger partial charge in [-0.2, -0.15) is 0 Å². The predicted molar refractivity (Wildman–Crippen MR) is 162 cm³/mol. The Morgan fingerprint density at radius 3 is 2.02 bits per heavy atom. The highest BCUT2D eigenvalue weighted by Gasteiger charge is 2.37. The summed E-state index contributed by atoms with van der Waals surface area (Å²) in [6.45, 7) is 12.5. The van der Waals surface area contributed by atoms with Gasteiger partial charge in [-0.3, -0.25) is 9.59 Å². The molecule has 0 bridgehead atoms. The average molecular weight is 576 g/mol. The van der Waals surface area contributed by atoms with E-state index in [1.54, 1.807) is 65.0 Å². The van der Waals surface area contributed by atoms with Crippen LogP contribution < -0.4 is 10.6 Å². The van der Waals surface area contributed by atoms with Crippen molar-refractivity contribution in [2.75, 3.05) is 11.9 Å². The first-order chi connectivity index (χ1) is 19.7. The van der Waals surface area contributed by atoms with Gasteiger partial charge in [-0.05, 0) is 82.9 Å². The maximum absolute atomic E-state index is 14.3. The first kappa shape index (κ1) is 32.0. The van der Waals surface area contributed by atoms with Crippen molar-refractivity contribution in [2.45, 2.75) is 72.6 Å². The van der Waals surface area contributed by atoms with Crippen LogP contribution in [-0.4, -0.2) is 51.2 Å². The van der Waals surface area contributed by atoms with Crippen LogP contribution in [0.15, 0.2) is 60.7 Å². The zero-order valence-corrected chi connectivity index (χ0v) is 25.3. The van der Waals surface area contributed by atoms with Crippen LogP contribution in [0, 0.1) is 20.8 Å². The van der Waals surface area contributed by atoms with Gasteiger partial charge in [0.05, 0.1) is 0 Å². The molecule has 0 aliphatic heterocycles. The molecular weight excluding hydrogens is 534 g/mol. The molecule has 2 atom stereocenters. The van der Waals surface area contributed by atoms with Crippen LogP contribution in [0.1, 0.15) is 61.6 Å². The molecule has 3 aromatic carbocycles. The van der Waals surface area contributed by atoms with Crippen LogP contribution >= 0.6 is 0 Å². The van der Waals surface area contributed by atoms with Crippen molar-refractivity contribution in [3.63, 3.8) is 0 Å². The van der Waals surface area contributed by atoms with Gasteiger partial charge in [-0.1, -0.05) is 48.5 Å². The Kier molecular flexibility index (Phi) is 10.2. The Balaban J connectivity index is 2.08. The van der Waals surface area contributed by atoms with E-state index in [1.807, 2.05) is 32.0 Å². The molecule has 42 heavy (non-hydrogen) atoms. The van der Waals surface area contributed by atoms with Crippen LogP contribution in [0.2, 0.25) is 0 Å². The molecule has 0 saturated carbocycles. The van der Waals surface area contributed by atoms with Crippen molar-refractivity contribution in [3.8, 4) is 11.5 Å². The fourth-order valence-electron chi connectivity index (χ4n) is 4.74. The van der Waals surface area contributed by atoms with E-state index in [0.29, 0.717) is 16.8 Å². The summed E-state index contributed by atoms with van der Waals surface area (Å²) >= 11 is 0. The number of likely N-dealkylation sites (N-methyl/N-ethyl adjacent to an activating group) is 1. The Hall–Kier alpha value is -4.53. The monoisotopic (exact) mass is 575 g/mol. The zero-order chi connectivity index (χ0) is 31.2. The van der Waals surface area contributed by atoms with Crippen molar-refractivity contribution in [2.24, 2.45) is 0 Å². The molecular formula is C33H41N3O6. The number of aromatic hydroxyl groups is 2. The number of nitrogens with zero attached hydrogens (tertiary/aromatic N) is 1. The minimum absolute atomic E-state index is 0.0649. The number of carbonyl (C=O) groups excluding carboxylic acids is 3. The molecule has 224 valence electrons. The van der Waals surface area contributed by atoms with Crippen molar-refractivity contribution in [1.29, 1.82) is 0 Å². The van der Waals surface area contributed by atoms with Crippen LogP contribution in [-0.2, 0) is 20.7 Å². The summed E-state index contributed by atoms with van der Waals surface area (Å²) < 4.78 is 5.44. The second-order valence-corrected chi connectivity index (χ2v) is 11.4. The van der Waals surface area contributed by atoms with Gasteiger partial charge in [0.15, 0.2) is 0 Å². The summed E-state index contributed by atoms with van der Waals surface area (Å²) in [5.74, 6) is -1.08. The van der Waals surface area contributed by atoms with E-state index in [-0.39, 0.29) is 30.0 Å². The molecule has 0 radical (unpaired) electrons. The van der Waals surface area contributed by atoms with Gasteiger partial charge in [0.25, 0.3) is 5.91 Å². The van der Waals surface area contributed by atoms with E-state index in [9.17, 15) is 24.6 Å². The van der Waals surface area contributed by atoms with Gasteiger partial charge in [-0.15, -0.1) is 0 Å². The number of rotatable bonds is 9. The quantitative estimate of drug-likeness (QED) is 0.260. The lowest BCUT2D eigenvalue weighted by atomic mass is 9.97. The predicted octanol–water partition coefficient (Wildman–Crippen LogP) is 5.69. The van der Waals surface area contributed by atoms with Gasteiger partial charge in [0.2, 0.25) is 5.91 Å². The third-order valence-corrected chi connectivity index (χ3v) is 6.84. The van der Waals surface area contributed by atoms with Crippen molar-refractivity contribution in [1.82, 2.24) is 10.2 Å². The maximum Gasteiger partial charge on any atom is 0.408 e. The first-order valence-corrected chi connectivity index (χ1v) is 13.9. The molecule has 2 unspecified atom stereocenters. The highest BCUT2D eigenvalue weighted by Crippen LogP contribution is 2.34. The van der Waals surface area contributed by atoms with Gasteiger partial charge in [0.1, 0.15) is 29.2 Å². The molecule has 9 nitrogen and oxygen atoms in total. The molecule has 0 aromatic heterocycles. The standard InChI is InChI=1S/C33H41N3O6/c1-8-36(31(40)26(34-32(41)42-33(5,6)7)19-23-15-17-24(37)18-16-23)28(25-14-10-13-22(4)29(25)38)30(39)35-27-20(2)11-9-12-21(27)3/h9-18,26,28,37-38H,8,19H2,1-7H3,(H,34,41)(H,35,39). The fraction of sp³-hybridized carbons (Fsp3) is 0.364. The number of aryl methyl sites for hydroxylation is 3. The smallest absolute Gasteiger partial charge is 0.408 e. The SMILES string of the molecule is CCN(C(=O)C(Cc1ccc(O)cc1)NC(=O)OC(C)(C)C)C(C(=O)Nc1c(C)cccc1C)c1cccc(C)c1O. The Labute approximate surface area is 247 Å². The highest BCUT2D eigenvalue weighted by molar-refractivity contribution is 6.00. The molecule has 0 aliphatic carbocycles. The van der Waals surface area contributed by atoms with Gasteiger partial charge >= 0.3 is 6.09 Å². The molecule has 3 rings (SSSR count). The number of anilines is 1. The highest BCUT2D eigenvalue weighted by atomic mass is 16.6. The van der Waals surface area contributed by atoms with Crippen LogP contribution in [0.3, 0.4) is 0 Å². The van der Waals surface area contributed by atoms with Crippen LogP contribution in [0.4, 0.5) is 10.5 Å². The van der Waals surface area contributed by atoms with Gasteiger partial charge < -0.3 is 30.5 Å². The normalized spacial score (nSPS) is 12.6. The maximum atomic E-state index is 14.3. The molecule has 3 amide bonds. The van der Waals surface area contributed by atoms with E-state index < -0.39 is 35.6 Å². The molecule has 3 aromatic rings. The summed E-state index contributed by atoms with van der Waals surface area (Å²) in [4.78, 5) is 42.6. The Morgan fingerprint density at radius 2 is 1.45 bits per heavy atom. The zero-order valence-electron chi connectivity index (χ0n) is 25.3. The number of hydrogen-bond donors (Lipinski definition) is 4. The van der Waals surface area contributed by atoms with Gasteiger partial charge in [-0.25, -0.2) is 4.79 Å². The minimum atomic E-state index is -1.22. The number of phenols is 2. The molecule has 0 aliphatic rings. The van der Waals surface area contributed by atoms with E-state index in [0.717, 1.165) is 11.1 Å². The number of carbonyl (C=O) groups is 3. The molecule has 9 heteroatoms. The number of amides is 3. The average Bonchev–Trinajstić information content (AvgIpc) is 2.90. The Bertz CT molecular complexity index is 1410. The van der Waals surface area contributed by atoms with E-state index in [2.05, 4.69) is 10.6 Å². The summed E-state index contributed by atoms with van der Waals surface area (Å²) in [6.07, 6.45) is -0.717. The van der Waals surface area contributed by atoms with Gasteiger partial charge in [0, 0.05) is 24.2 Å². The van der Waals surface area contributed by atoms with Crippen molar-refractivity contribution in [3.05, 3.63) is 88.5 Å². The number of hydrogen-bond acceptors (Lipinski definition) is 6. The fourth-order valence-corrected chi connectivity index (χ4v) is 4.74. The number of alkyl carbamates (subject to hydrolysis) is 1. The number of benzene rings is 3. The lowest BCUT2D eigenvalue weighted by molar-refractivity contribution is -0.140. The summed E-state index contributed by atoms with van der Waals surface area (Å²) in [5, 5.41) is 26.5. The molecule has 0 heterocycles. The van der Waals surface area contributed by atoms with E-state index in [1.165, 1.54) is 17.0 Å². The van der Waals surface area contributed by atoms with Crippen molar-refractivity contribution >= 4 is 23.6 Å². The third-order valence-electron chi connectivity index (χ3n) is 6.84. The van der Waals surface area contributed by atoms with E-state index in [4.69, 9.17) is 4.74 Å². The molecule has 0 fully saturated rings.